The summed E-state index contributed by atoms with van der Waals surface area (Å²) in [5.74, 6) is 0.734. The summed E-state index contributed by atoms with van der Waals surface area (Å²) in [6, 6.07) is 8.95. The highest BCUT2D eigenvalue weighted by atomic mass is 14.6. The number of hydrogen-bond acceptors (Lipinski definition) is 1. The Kier molecular flexibility index (Phi) is 3.15. The number of nitrogens with two attached hydrogens (primary N) is 1. The molecule has 0 aliphatic heterocycles. The summed E-state index contributed by atoms with van der Waals surface area (Å²) in [7, 11) is 0. The van der Waals surface area contributed by atoms with Crippen LogP contribution >= 0.6 is 0 Å². The second kappa shape index (κ2) is 4.15. The van der Waals surface area contributed by atoms with Gasteiger partial charge in [0, 0.05) is 5.69 Å². The molecule has 1 nitrogen and oxygen atoms in total. The highest BCUT2D eigenvalue weighted by molar-refractivity contribution is 5.45. The lowest BCUT2D eigenvalue weighted by Gasteiger charge is -2.06. The summed E-state index contributed by atoms with van der Waals surface area (Å²) in [6.07, 6.45) is 2.23. The Morgan fingerprint density at radius 3 is 2.83 bits per heavy atom. The third-order valence-electron chi connectivity index (χ3n) is 1.95. The maximum absolute atomic E-state index is 5.78. The average molecular weight is 162 g/mol. The molecule has 1 heteroatoms. The van der Waals surface area contributed by atoms with Gasteiger partial charge >= 0.3 is 0 Å². The Bertz CT molecular complexity index is 241. The molecule has 0 saturated carbocycles. The Hall–Kier alpha value is -0.980. The summed E-state index contributed by atoms with van der Waals surface area (Å²) in [6.45, 7) is 4.44. The zero-order chi connectivity index (χ0) is 8.97. The number of nitrogen functional groups attached to an aromatic ring is 1. The van der Waals surface area contributed by atoms with Crippen LogP contribution in [0.5, 0.6) is 0 Å². The van der Waals surface area contributed by atoms with E-state index in [1.807, 2.05) is 18.2 Å². The van der Waals surface area contributed by atoms with Gasteiger partial charge in [0.15, 0.2) is 0 Å². The molecule has 0 spiro atoms. The molecule has 1 aromatic carbocycles. The smallest absolute Gasteiger partial charge is 0.0352 e. The first kappa shape index (κ1) is 9.11. The van der Waals surface area contributed by atoms with E-state index < -0.39 is 0 Å². The van der Waals surface area contributed by atoms with Gasteiger partial charge in [-0.15, -0.1) is 0 Å². The van der Waals surface area contributed by atoms with Crippen molar-refractivity contribution in [3.8, 4) is 0 Å². The number of benzene rings is 1. The molecular formula is C11H16N. The molecule has 1 rings (SSSR count). The van der Waals surface area contributed by atoms with Crippen molar-refractivity contribution in [2.75, 3.05) is 5.73 Å². The van der Waals surface area contributed by atoms with E-state index in [1.54, 1.807) is 0 Å². The van der Waals surface area contributed by atoms with Gasteiger partial charge in [0.25, 0.3) is 0 Å². The van der Waals surface area contributed by atoms with Crippen LogP contribution in [0.2, 0.25) is 0 Å². The van der Waals surface area contributed by atoms with Gasteiger partial charge in [-0.1, -0.05) is 26.0 Å². The highest BCUT2D eigenvalue weighted by Gasteiger charge is 1.99. The standard InChI is InChI=1S/C11H16N/c1-9(2)7-8-10-5-3-4-6-11(10)12/h3-4,6,9H,7-8,12H2,1-2H3. The van der Waals surface area contributed by atoms with Crippen LogP contribution in [-0.4, -0.2) is 0 Å². The first-order valence-corrected chi connectivity index (χ1v) is 4.45. The van der Waals surface area contributed by atoms with Crippen molar-refractivity contribution in [2.24, 2.45) is 5.92 Å². The molecule has 0 amide bonds. The van der Waals surface area contributed by atoms with Crippen molar-refractivity contribution in [1.29, 1.82) is 0 Å². The van der Waals surface area contributed by atoms with Crippen LogP contribution in [0.3, 0.4) is 0 Å². The monoisotopic (exact) mass is 162 g/mol. The summed E-state index contributed by atoms with van der Waals surface area (Å²) in [5.41, 5.74) is 7.81. The third kappa shape index (κ3) is 2.57. The molecule has 2 N–H and O–H groups in total. The Labute approximate surface area is 74.6 Å². The molecule has 0 fully saturated rings. The molecule has 0 aliphatic rings. The van der Waals surface area contributed by atoms with Crippen LogP contribution in [0.1, 0.15) is 25.8 Å². The van der Waals surface area contributed by atoms with Crippen molar-refractivity contribution in [3.63, 3.8) is 0 Å². The van der Waals surface area contributed by atoms with Crippen LogP contribution in [0, 0.1) is 12.0 Å². The van der Waals surface area contributed by atoms with Gasteiger partial charge in [0.1, 0.15) is 0 Å². The lowest BCUT2D eigenvalue weighted by molar-refractivity contribution is 0.587. The SMILES string of the molecule is CC(C)CCc1[c]cccc1N. The lowest BCUT2D eigenvalue weighted by Crippen LogP contribution is -1.97. The third-order valence-corrected chi connectivity index (χ3v) is 1.95. The minimum absolute atomic E-state index is 0.734. The first-order valence-electron chi connectivity index (χ1n) is 4.45. The zero-order valence-electron chi connectivity index (χ0n) is 7.80. The number of hydrogen-bond donors (Lipinski definition) is 1. The second-order valence-corrected chi connectivity index (χ2v) is 3.54. The van der Waals surface area contributed by atoms with Crippen LogP contribution in [0.15, 0.2) is 18.2 Å². The number of rotatable bonds is 3. The molecule has 1 aromatic rings. The largest absolute Gasteiger partial charge is 0.398 e. The molecular weight excluding hydrogens is 146 g/mol. The van der Waals surface area contributed by atoms with Crippen LogP contribution in [0.25, 0.3) is 0 Å². The van der Waals surface area contributed by atoms with Crippen LogP contribution in [0.4, 0.5) is 5.69 Å². The van der Waals surface area contributed by atoms with Crippen molar-refractivity contribution in [2.45, 2.75) is 26.7 Å². The van der Waals surface area contributed by atoms with Crippen molar-refractivity contribution >= 4 is 5.69 Å². The normalized spacial score (nSPS) is 10.6. The molecule has 1 radical (unpaired) electrons. The van der Waals surface area contributed by atoms with E-state index >= 15 is 0 Å². The Balaban J connectivity index is 2.57. The van der Waals surface area contributed by atoms with Gasteiger partial charge < -0.3 is 5.73 Å². The quantitative estimate of drug-likeness (QED) is 0.679. The molecule has 0 aliphatic carbocycles. The molecule has 0 atom stereocenters. The maximum Gasteiger partial charge on any atom is 0.0352 e. The minimum atomic E-state index is 0.734. The van der Waals surface area contributed by atoms with E-state index in [0.717, 1.165) is 23.6 Å². The van der Waals surface area contributed by atoms with Crippen LogP contribution < -0.4 is 5.73 Å². The molecule has 65 valence electrons. The van der Waals surface area contributed by atoms with Gasteiger partial charge in [-0.05, 0) is 36.5 Å². The van der Waals surface area contributed by atoms with Gasteiger partial charge in [-0.25, -0.2) is 0 Å². The van der Waals surface area contributed by atoms with E-state index in [9.17, 15) is 0 Å². The summed E-state index contributed by atoms with van der Waals surface area (Å²) in [4.78, 5) is 0. The molecule has 0 unspecified atom stereocenters. The van der Waals surface area contributed by atoms with Crippen molar-refractivity contribution in [1.82, 2.24) is 0 Å². The lowest BCUT2D eigenvalue weighted by atomic mass is 10.0. The number of aryl methyl sites for hydroxylation is 1. The Morgan fingerprint density at radius 2 is 2.25 bits per heavy atom. The van der Waals surface area contributed by atoms with E-state index in [4.69, 9.17) is 5.73 Å². The summed E-state index contributed by atoms with van der Waals surface area (Å²) < 4.78 is 0. The summed E-state index contributed by atoms with van der Waals surface area (Å²) >= 11 is 0. The molecule has 0 bridgehead atoms. The highest BCUT2D eigenvalue weighted by Crippen LogP contribution is 2.14. The van der Waals surface area contributed by atoms with E-state index in [1.165, 1.54) is 6.42 Å². The van der Waals surface area contributed by atoms with Gasteiger partial charge in [0.2, 0.25) is 0 Å². The summed E-state index contributed by atoms with van der Waals surface area (Å²) in [5, 5.41) is 0. The fourth-order valence-electron chi connectivity index (χ4n) is 1.13. The van der Waals surface area contributed by atoms with E-state index in [-0.39, 0.29) is 0 Å². The molecule has 12 heavy (non-hydrogen) atoms. The predicted octanol–water partition coefficient (Wildman–Crippen LogP) is 2.66. The van der Waals surface area contributed by atoms with Gasteiger partial charge in [0.05, 0.1) is 0 Å². The van der Waals surface area contributed by atoms with Crippen molar-refractivity contribution in [3.05, 3.63) is 29.8 Å². The maximum atomic E-state index is 5.78. The van der Waals surface area contributed by atoms with E-state index in [2.05, 4.69) is 19.9 Å². The molecule has 0 aromatic heterocycles. The first-order chi connectivity index (χ1) is 5.70. The molecule has 0 saturated heterocycles. The fourth-order valence-corrected chi connectivity index (χ4v) is 1.13. The topological polar surface area (TPSA) is 26.0 Å². The van der Waals surface area contributed by atoms with Gasteiger partial charge in [-0.2, -0.15) is 0 Å². The van der Waals surface area contributed by atoms with Gasteiger partial charge in [-0.3, -0.25) is 0 Å². The second-order valence-electron chi connectivity index (χ2n) is 3.54. The number of anilines is 1. The van der Waals surface area contributed by atoms with Crippen LogP contribution in [-0.2, 0) is 6.42 Å². The molecule has 0 heterocycles. The fraction of sp³-hybridized carbons (Fsp3) is 0.455. The minimum Gasteiger partial charge on any atom is -0.398 e. The Morgan fingerprint density at radius 1 is 1.50 bits per heavy atom. The van der Waals surface area contributed by atoms with Crippen molar-refractivity contribution < 1.29 is 0 Å². The predicted molar refractivity (Wildman–Crippen MR) is 52.8 cm³/mol. The zero-order valence-corrected chi connectivity index (χ0v) is 7.80. The van der Waals surface area contributed by atoms with E-state index in [0.29, 0.717) is 0 Å². The average Bonchev–Trinajstić information content (AvgIpc) is 2.03.